The number of nitrogens with two attached hydrogens (primary N) is 1. The number of aliphatic hydroxyl groups is 1. The Balaban J connectivity index is 0.00000288. The standard InChI is InChI=1S/C16H18N2O5.ClH/c1-23-14-9-11(18(21)22)8-12(16(14)20)15(17)13(19)7-10-5-3-2-4-6-10;/h2-6,8-9,13,15,19-20H,7,17H2,1H3;1H/t13-,15+;/m1./s1. The number of methoxy groups -OCH3 is 1. The third-order valence-electron chi connectivity index (χ3n) is 3.58. The molecular formula is C16H19ClN2O5. The van der Waals surface area contributed by atoms with E-state index in [1.165, 1.54) is 7.11 Å². The Hall–Kier alpha value is -2.35. The van der Waals surface area contributed by atoms with Gasteiger partial charge in [0.15, 0.2) is 11.5 Å². The molecule has 2 aromatic carbocycles. The van der Waals surface area contributed by atoms with Crippen LogP contribution in [0.15, 0.2) is 42.5 Å². The third kappa shape index (κ3) is 4.35. The molecule has 0 aliphatic heterocycles. The summed E-state index contributed by atoms with van der Waals surface area (Å²) in [5.74, 6) is -0.366. The molecule has 0 aliphatic carbocycles. The Labute approximate surface area is 145 Å². The third-order valence-corrected chi connectivity index (χ3v) is 3.58. The summed E-state index contributed by atoms with van der Waals surface area (Å²) < 4.78 is 4.93. The quantitative estimate of drug-likeness (QED) is 0.541. The minimum Gasteiger partial charge on any atom is -0.504 e. The normalized spacial score (nSPS) is 12.8. The van der Waals surface area contributed by atoms with E-state index in [9.17, 15) is 20.3 Å². The van der Waals surface area contributed by atoms with Gasteiger partial charge in [-0.3, -0.25) is 10.1 Å². The molecule has 0 aliphatic rings. The Kier molecular flexibility index (Phi) is 6.97. The molecule has 0 saturated carbocycles. The first kappa shape index (κ1) is 19.7. The van der Waals surface area contributed by atoms with Crippen molar-refractivity contribution in [2.45, 2.75) is 18.6 Å². The van der Waals surface area contributed by atoms with Crippen molar-refractivity contribution in [1.82, 2.24) is 0 Å². The Morgan fingerprint density at radius 3 is 2.46 bits per heavy atom. The van der Waals surface area contributed by atoms with Crippen LogP contribution in [0, 0.1) is 10.1 Å². The van der Waals surface area contributed by atoms with Gasteiger partial charge in [0.1, 0.15) is 0 Å². The molecule has 24 heavy (non-hydrogen) atoms. The van der Waals surface area contributed by atoms with E-state index in [0.29, 0.717) is 0 Å². The monoisotopic (exact) mass is 354 g/mol. The lowest BCUT2D eigenvalue weighted by Crippen LogP contribution is -2.28. The van der Waals surface area contributed by atoms with Crippen molar-refractivity contribution in [3.63, 3.8) is 0 Å². The fourth-order valence-electron chi connectivity index (χ4n) is 2.32. The molecular weight excluding hydrogens is 336 g/mol. The highest BCUT2D eigenvalue weighted by Gasteiger charge is 2.25. The molecule has 0 radical (unpaired) electrons. The number of hydrogen-bond donors (Lipinski definition) is 3. The van der Waals surface area contributed by atoms with Crippen molar-refractivity contribution < 1.29 is 19.9 Å². The highest BCUT2D eigenvalue weighted by atomic mass is 35.5. The number of nitro benzene ring substituents is 1. The van der Waals surface area contributed by atoms with E-state index in [4.69, 9.17) is 10.5 Å². The summed E-state index contributed by atoms with van der Waals surface area (Å²) >= 11 is 0. The van der Waals surface area contributed by atoms with Crippen molar-refractivity contribution in [2.75, 3.05) is 7.11 Å². The molecule has 0 aromatic heterocycles. The summed E-state index contributed by atoms with van der Waals surface area (Å²) in [5, 5.41) is 31.4. The smallest absolute Gasteiger partial charge is 0.273 e. The van der Waals surface area contributed by atoms with Crippen LogP contribution in [0.4, 0.5) is 5.69 Å². The lowest BCUT2D eigenvalue weighted by Gasteiger charge is -2.21. The number of phenols is 1. The van der Waals surface area contributed by atoms with Crippen LogP contribution in [0.2, 0.25) is 0 Å². The fraction of sp³-hybridized carbons (Fsp3) is 0.250. The summed E-state index contributed by atoms with van der Waals surface area (Å²) in [4.78, 5) is 10.4. The maximum Gasteiger partial charge on any atom is 0.273 e. The summed E-state index contributed by atoms with van der Waals surface area (Å²) in [5.41, 5.74) is 6.66. The fourth-order valence-corrected chi connectivity index (χ4v) is 2.32. The second-order valence-electron chi connectivity index (χ2n) is 5.13. The molecule has 0 spiro atoms. The van der Waals surface area contributed by atoms with Gasteiger partial charge < -0.3 is 20.7 Å². The molecule has 0 bridgehead atoms. The first-order chi connectivity index (χ1) is 10.9. The topological polar surface area (TPSA) is 119 Å². The first-order valence-electron chi connectivity index (χ1n) is 6.97. The lowest BCUT2D eigenvalue weighted by atomic mass is 9.95. The van der Waals surface area contributed by atoms with Crippen molar-refractivity contribution in [2.24, 2.45) is 5.73 Å². The zero-order valence-electron chi connectivity index (χ0n) is 13.0. The average Bonchev–Trinajstić information content (AvgIpc) is 2.55. The Morgan fingerprint density at radius 1 is 1.29 bits per heavy atom. The number of benzene rings is 2. The summed E-state index contributed by atoms with van der Waals surface area (Å²) in [6, 6.07) is 10.5. The molecule has 0 unspecified atom stereocenters. The maximum absolute atomic E-state index is 11.0. The van der Waals surface area contributed by atoms with Crippen LogP contribution < -0.4 is 10.5 Å². The summed E-state index contributed by atoms with van der Waals surface area (Å²) in [7, 11) is 1.29. The molecule has 8 heteroatoms. The number of ether oxygens (including phenoxy) is 1. The average molecular weight is 355 g/mol. The number of phenolic OH excluding ortho intramolecular Hbond substituents is 1. The van der Waals surface area contributed by atoms with Gasteiger partial charge in [0, 0.05) is 18.1 Å². The van der Waals surface area contributed by atoms with E-state index < -0.39 is 17.1 Å². The van der Waals surface area contributed by atoms with E-state index in [0.717, 1.165) is 17.7 Å². The van der Waals surface area contributed by atoms with E-state index >= 15 is 0 Å². The summed E-state index contributed by atoms with van der Waals surface area (Å²) in [6.07, 6.45) is -0.762. The van der Waals surface area contributed by atoms with E-state index in [-0.39, 0.29) is 41.6 Å². The molecule has 0 heterocycles. The molecule has 2 atom stereocenters. The SMILES string of the molecule is COc1cc([N+](=O)[O-])cc([C@H](N)[C@H](O)Cc2ccccc2)c1O.Cl. The first-order valence-corrected chi connectivity index (χ1v) is 6.97. The van der Waals surface area contributed by atoms with Crippen molar-refractivity contribution in [3.05, 3.63) is 63.7 Å². The van der Waals surface area contributed by atoms with Gasteiger partial charge >= 0.3 is 0 Å². The second kappa shape index (κ2) is 8.49. The maximum atomic E-state index is 11.0. The van der Waals surface area contributed by atoms with Gasteiger partial charge in [-0.05, 0) is 5.56 Å². The van der Waals surface area contributed by atoms with Gasteiger partial charge in [-0.15, -0.1) is 12.4 Å². The van der Waals surface area contributed by atoms with Crippen molar-refractivity contribution >= 4 is 18.1 Å². The summed E-state index contributed by atoms with van der Waals surface area (Å²) in [6.45, 7) is 0. The van der Waals surface area contributed by atoms with Gasteiger partial charge in [0.2, 0.25) is 0 Å². The molecule has 2 rings (SSSR count). The van der Waals surface area contributed by atoms with Gasteiger partial charge in [-0.25, -0.2) is 0 Å². The van der Waals surface area contributed by atoms with E-state index in [1.54, 1.807) is 0 Å². The van der Waals surface area contributed by atoms with Gasteiger partial charge in [-0.1, -0.05) is 30.3 Å². The molecule has 130 valence electrons. The minimum atomic E-state index is -1.02. The highest BCUT2D eigenvalue weighted by molar-refractivity contribution is 5.85. The number of non-ortho nitro benzene ring substituents is 1. The van der Waals surface area contributed by atoms with Gasteiger partial charge in [-0.2, -0.15) is 0 Å². The number of halogens is 1. The number of nitrogens with zero attached hydrogens (tertiary/aromatic N) is 1. The van der Waals surface area contributed by atoms with Gasteiger partial charge in [0.05, 0.1) is 30.2 Å². The Morgan fingerprint density at radius 2 is 1.92 bits per heavy atom. The molecule has 0 amide bonds. The number of aliphatic hydroxyl groups excluding tert-OH is 1. The highest BCUT2D eigenvalue weighted by Crippen LogP contribution is 2.38. The minimum absolute atomic E-state index is 0. The van der Waals surface area contributed by atoms with Crippen molar-refractivity contribution in [1.29, 1.82) is 0 Å². The lowest BCUT2D eigenvalue weighted by molar-refractivity contribution is -0.385. The number of nitro groups is 1. The van der Waals surface area contributed by atoms with Crippen LogP contribution in [0.3, 0.4) is 0 Å². The van der Waals surface area contributed by atoms with Crippen LogP contribution in [0.5, 0.6) is 11.5 Å². The van der Waals surface area contributed by atoms with Crippen LogP contribution in [0.1, 0.15) is 17.2 Å². The number of rotatable bonds is 6. The van der Waals surface area contributed by atoms with Crippen LogP contribution in [-0.4, -0.2) is 28.4 Å². The molecule has 0 saturated heterocycles. The van der Waals surface area contributed by atoms with Crippen LogP contribution in [0.25, 0.3) is 0 Å². The predicted molar refractivity (Wildman–Crippen MR) is 91.6 cm³/mol. The van der Waals surface area contributed by atoms with Crippen LogP contribution in [-0.2, 0) is 6.42 Å². The zero-order valence-corrected chi connectivity index (χ0v) is 13.8. The molecule has 4 N–H and O–H groups in total. The Bertz CT molecular complexity index is 696. The van der Waals surface area contributed by atoms with E-state index in [1.807, 2.05) is 30.3 Å². The van der Waals surface area contributed by atoms with E-state index in [2.05, 4.69) is 0 Å². The molecule has 7 nitrogen and oxygen atoms in total. The van der Waals surface area contributed by atoms with Crippen molar-refractivity contribution in [3.8, 4) is 11.5 Å². The largest absolute Gasteiger partial charge is 0.504 e. The number of aromatic hydroxyl groups is 1. The van der Waals surface area contributed by atoms with Gasteiger partial charge in [0.25, 0.3) is 5.69 Å². The zero-order chi connectivity index (χ0) is 17.0. The molecule has 0 fully saturated rings. The van der Waals surface area contributed by atoms with Crippen LogP contribution >= 0.6 is 12.4 Å². The second-order valence-corrected chi connectivity index (χ2v) is 5.13. The molecule has 2 aromatic rings. The predicted octanol–water partition coefficient (Wildman–Crippen LogP) is 2.33. The number of hydrogen-bond acceptors (Lipinski definition) is 6.